The van der Waals surface area contributed by atoms with E-state index >= 15 is 0 Å². The van der Waals surface area contributed by atoms with Crippen molar-refractivity contribution in [3.63, 3.8) is 0 Å². The maximum absolute atomic E-state index is 12.0. The monoisotopic (exact) mass is 303 g/mol. The zero-order valence-corrected chi connectivity index (χ0v) is 12.5. The number of nitrogens with two attached hydrogens (primary N) is 1. The molecule has 2 amide bonds. The fourth-order valence-corrected chi connectivity index (χ4v) is 2.91. The van der Waals surface area contributed by atoms with Crippen LogP contribution in [0.3, 0.4) is 0 Å². The van der Waals surface area contributed by atoms with Gasteiger partial charge in [0.25, 0.3) is 5.91 Å². The van der Waals surface area contributed by atoms with Crippen LogP contribution in [-0.2, 0) is 9.59 Å². The number of hydrogen-bond acceptors (Lipinski definition) is 4. The average Bonchev–Trinajstić information content (AvgIpc) is 3.13. The van der Waals surface area contributed by atoms with Crippen LogP contribution in [0.15, 0.2) is 24.3 Å². The summed E-state index contributed by atoms with van der Waals surface area (Å²) in [6, 6.07) is 7.41. The molecule has 6 nitrogen and oxygen atoms in total. The predicted molar refractivity (Wildman–Crippen MR) is 82.7 cm³/mol. The maximum atomic E-state index is 12.0. The first-order valence-corrected chi connectivity index (χ1v) is 7.70. The molecule has 6 heteroatoms. The summed E-state index contributed by atoms with van der Waals surface area (Å²) in [5.41, 5.74) is 6.63. The second kappa shape index (κ2) is 6.36. The van der Waals surface area contributed by atoms with E-state index in [1.54, 1.807) is 15.9 Å². The molecule has 118 valence electrons. The minimum absolute atomic E-state index is 0.00409. The van der Waals surface area contributed by atoms with E-state index in [1.165, 1.54) is 0 Å². The van der Waals surface area contributed by atoms with Gasteiger partial charge < -0.3 is 20.3 Å². The lowest BCUT2D eigenvalue weighted by atomic mass is 10.3. The van der Waals surface area contributed by atoms with Crippen LogP contribution in [0.4, 0.5) is 5.69 Å². The van der Waals surface area contributed by atoms with Crippen molar-refractivity contribution in [1.82, 2.24) is 4.90 Å². The van der Waals surface area contributed by atoms with E-state index in [1.807, 2.05) is 18.2 Å². The lowest BCUT2D eigenvalue weighted by molar-refractivity contribution is -0.132. The first-order valence-electron chi connectivity index (χ1n) is 7.70. The molecule has 0 aromatic heterocycles. The molecule has 0 radical (unpaired) electrons. The zero-order valence-electron chi connectivity index (χ0n) is 12.5. The Morgan fingerprint density at radius 1 is 1.36 bits per heavy atom. The third-order valence-corrected chi connectivity index (χ3v) is 4.14. The van der Waals surface area contributed by atoms with E-state index in [4.69, 9.17) is 10.5 Å². The molecule has 1 aromatic carbocycles. The molecule has 0 bridgehead atoms. The van der Waals surface area contributed by atoms with Gasteiger partial charge in [-0.15, -0.1) is 0 Å². The molecular weight excluding hydrogens is 282 g/mol. The Bertz CT molecular complexity index is 576. The van der Waals surface area contributed by atoms with Crippen LogP contribution < -0.4 is 15.4 Å². The summed E-state index contributed by atoms with van der Waals surface area (Å²) in [4.78, 5) is 27.3. The highest BCUT2D eigenvalue weighted by atomic mass is 16.5. The molecule has 0 unspecified atom stereocenters. The van der Waals surface area contributed by atoms with Gasteiger partial charge in [-0.3, -0.25) is 9.59 Å². The summed E-state index contributed by atoms with van der Waals surface area (Å²) in [7, 11) is 0. The summed E-state index contributed by atoms with van der Waals surface area (Å²) >= 11 is 0. The van der Waals surface area contributed by atoms with E-state index < -0.39 is 0 Å². The van der Waals surface area contributed by atoms with Crippen LogP contribution in [0.2, 0.25) is 0 Å². The normalized spacial score (nSPS) is 21.5. The molecule has 2 aliphatic rings. The minimum Gasteiger partial charge on any atom is -0.484 e. The summed E-state index contributed by atoms with van der Waals surface area (Å²) in [6.07, 6.45) is 2.33. The Labute approximate surface area is 129 Å². The third-order valence-electron chi connectivity index (χ3n) is 4.14. The number of nitrogens with zero attached hydrogens (tertiary/aromatic N) is 2. The Kier molecular flexibility index (Phi) is 4.29. The quantitative estimate of drug-likeness (QED) is 0.890. The first-order chi connectivity index (χ1) is 10.6. The first kappa shape index (κ1) is 14.8. The SMILES string of the molecule is N[C@@H]1CCN(C(=O)COc2cccc(N3CCCC3=O)c2)C1. The number of benzene rings is 1. The van der Waals surface area contributed by atoms with Crippen LogP contribution >= 0.6 is 0 Å². The van der Waals surface area contributed by atoms with Gasteiger partial charge in [0.05, 0.1) is 0 Å². The predicted octanol–water partition coefficient (Wildman–Crippen LogP) is 0.752. The van der Waals surface area contributed by atoms with Crippen LogP contribution in [0.5, 0.6) is 5.75 Å². The highest BCUT2D eigenvalue weighted by molar-refractivity contribution is 5.95. The van der Waals surface area contributed by atoms with Gasteiger partial charge in [-0.05, 0) is 25.0 Å². The fourth-order valence-electron chi connectivity index (χ4n) is 2.91. The number of carbonyl (C=O) groups excluding carboxylic acids is 2. The van der Waals surface area contributed by atoms with Crippen molar-refractivity contribution < 1.29 is 14.3 Å². The average molecular weight is 303 g/mol. The second-order valence-corrected chi connectivity index (χ2v) is 5.82. The third kappa shape index (κ3) is 3.22. The van der Waals surface area contributed by atoms with E-state index in [9.17, 15) is 9.59 Å². The largest absolute Gasteiger partial charge is 0.484 e. The van der Waals surface area contributed by atoms with Crippen molar-refractivity contribution in [1.29, 1.82) is 0 Å². The highest BCUT2D eigenvalue weighted by Gasteiger charge is 2.24. The molecule has 2 N–H and O–H groups in total. The van der Waals surface area contributed by atoms with Crippen molar-refractivity contribution in [3.8, 4) is 5.75 Å². The van der Waals surface area contributed by atoms with Gasteiger partial charge in [-0.2, -0.15) is 0 Å². The van der Waals surface area contributed by atoms with Crippen molar-refractivity contribution in [3.05, 3.63) is 24.3 Å². The number of anilines is 1. The smallest absolute Gasteiger partial charge is 0.260 e. The summed E-state index contributed by atoms with van der Waals surface area (Å²) < 4.78 is 5.58. The minimum atomic E-state index is -0.0457. The van der Waals surface area contributed by atoms with Crippen LogP contribution in [0.25, 0.3) is 0 Å². The van der Waals surface area contributed by atoms with Crippen molar-refractivity contribution in [2.75, 3.05) is 31.1 Å². The van der Waals surface area contributed by atoms with Gasteiger partial charge in [-0.1, -0.05) is 6.07 Å². The van der Waals surface area contributed by atoms with Gasteiger partial charge in [-0.25, -0.2) is 0 Å². The van der Waals surface area contributed by atoms with Crippen molar-refractivity contribution in [2.45, 2.75) is 25.3 Å². The molecule has 2 aliphatic heterocycles. The Morgan fingerprint density at radius 3 is 2.91 bits per heavy atom. The van der Waals surface area contributed by atoms with Gasteiger partial charge >= 0.3 is 0 Å². The summed E-state index contributed by atoms with van der Waals surface area (Å²) in [5, 5.41) is 0. The number of likely N-dealkylation sites (tertiary alicyclic amines) is 1. The van der Waals surface area contributed by atoms with E-state index in [-0.39, 0.29) is 24.5 Å². The van der Waals surface area contributed by atoms with Crippen LogP contribution in [0.1, 0.15) is 19.3 Å². The Balaban J connectivity index is 1.58. The van der Waals surface area contributed by atoms with E-state index in [0.29, 0.717) is 25.3 Å². The standard InChI is InChI=1S/C16H21N3O3/c17-12-6-8-18(10-12)16(21)11-22-14-4-1-3-13(9-14)19-7-2-5-15(19)20/h1,3-4,9,12H,2,5-8,10-11,17H2/t12-/m1/s1. The lowest BCUT2D eigenvalue weighted by Gasteiger charge is -2.18. The van der Waals surface area contributed by atoms with Gasteiger partial charge in [0.2, 0.25) is 5.91 Å². The molecule has 0 aliphatic carbocycles. The van der Waals surface area contributed by atoms with E-state index in [0.717, 1.165) is 25.1 Å². The number of hydrogen-bond donors (Lipinski definition) is 1. The van der Waals surface area contributed by atoms with Crippen LogP contribution in [-0.4, -0.2) is 49.0 Å². The Morgan fingerprint density at radius 2 is 2.23 bits per heavy atom. The van der Waals surface area contributed by atoms with Crippen molar-refractivity contribution >= 4 is 17.5 Å². The van der Waals surface area contributed by atoms with Gasteiger partial charge in [0, 0.05) is 43.9 Å². The molecule has 1 atom stereocenters. The molecule has 2 saturated heterocycles. The topological polar surface area (TPSA) is 75.9 Å². The number of amides is 2. The van der Waals surface area contributed by atoms with E-state index in [2.05, 4.69) is 0 Å². The highest BCUT2D eigenvalue weighted by Crippen LogP contribution is 2.25. The molecule has 1 aromatic rings. The summed E-state index contributed by atoms with van der Waals surface area (Å²) in [6.45, 7) is 2.05. The van der Waals surface area contributed by atoms with Crippen LogP contribution in [0, 0.1) is 0 Å². The molecule has 2 fully saturated rings. The zero-order chi connectivity index (χ0) is 15.5. The van der Waals surface area contributed by atoms with Gasteiger partial charge in [0.15, 0.2) is 6.61 Å². The number of rotatable bonds is 4. The number of carbonyl (C=O) groups is 2. The number of ether oxygens (including phenoxy) is 1. The fraction of sp³-hybridized carbons (Fsp3) is 0.500. The Hall–Kier alpha value is -2.08. The molecule has 0 saturated carbocycles. The van der Waals surface area contributed by atoms with Gasteiger partial charge in [0.1, 0.15) is 5.75 Å². The molecule has 3 rings (SSSR count). The lowest BCUT2D eigenvalue weighted by Crippen LogP contribution is -2.35. The van der Waals surface area contributed by atoms with Crippen molar-refractivity contribution in [2.24, 2.45) is 5.73 Å². The maximum Gasteiger partial charge on any atom is 0.260 e. The second-order valence-electron chi connectivity index (χ2n) is 5.82. The molecular formula is C16H21N3O3. The molecule has 0 spiro atoms. The molecule has 2 heterocycles. The molecule has 22 heavy (non-hydrogen) atoms. The summed E-state index contributed by atoms with van der Waals surface area (Å²) in [5.74, 6) is 0.698.